The van der Waals surface area contributed by atoms with Crippen LogP contribution in [-0.4, -0.2) is 53.7 Å². The van der Waals surface area contributed by atoms with E-state index in [0.29, 0.717) is 6.42 Å². The van der Waals surface area contributed by atoms with Crippen molar-refractivity contribution in [2.24, 2.45) is 34.5 Å². The highest BCUT2D eigenvalue weighted by molar-refractivity contribution is 6.01. The lowest BCUT2D eigenvalue weighted by molar-refractivity contribution is -0.187. The third-order valence-electron chi connectivity index (χ3n) is 10.5. The Bertz CT molecular complexity index is 1280. The second-order valence-corrected chi connectivity index (χ2v) is 12.6. The Hall–Kier alpha value is -3.26. The van der Waals surface area contributed by atoms with Crippen LogP contribution < -0.4 is 0 Å². The molecule has 4 aliphatic carbocycles. The summed E-state index contributed by atoms with van der Waals surface area (Å²) in [5.41, 5.74) is -1.19. The molecule has 0 heterocycles. The summed E-state index contributed by atoms with van der Waals surface area (Å²) in [6.45, 7) is 7.33. The monoisotopic (exact) mass is 564 g/mol. The quantitative estimate of drug-likeness (QED) is 0.471. The summed E-state index contributed by atoms with van der Waals surface area (Å²) >= 11 is 0. The van der Waals surface area contributed by atoms with Gasteiger partial charge in [0.1, 0.15) is 0 Å². The number of aliphatic hydroxyl groups is 1. The van der Waals surface area contributed by atoms with Gasteiger partial charge in [-0.3, -0.25) is 14.4 Å². The standard InChI is InChI=1S/C33H40O8/c1-5-39-30(38)41-33(27(36)19-40-28(37)16-21-9-7-6-8-10-21)14-12-24-23-15-20(2)25-17-22(34)11-13-31(25,3)29(23)26(35)18-32(24,33)4/h6-11,13,17,20,23-24,26,29,35H,5,12,14-16,18-19H2,1-4H3/t20-,23-,24-,26?,29+,31-,32-,33-/m0/s1. The van der Waals surface area contributed by atoms with Gasteiger partial charge in [-0.05, 0) is 68.1 Å². The second kappa shape index (κ2) is 10.9. The van der Waals surface area contributed by atoms with Crippen molar-refractivity contribution in [3.8, 4) is 0 Å². The van der Waals surface area contributed by atoms with E-state index in [1.54, 1.807) is 31.2 Å². The fourth-order valence-corrected chi connectivity index (χ4v) is 8.79. The summed E-state index contributed by atoms with van der Waals surface area (Å²) in [5.74, 6) is -1.13. The minimum absolute atomic E-state index is 0.0184. The van der Waals surface area contributed by atoms with Crippen molar-refractivity contribution in [3.05, 3.63) is 59.7 Å². The summed E-state index contributed by atoms with van der Waals surface area (Å²) in [7, 11) is 0. The van der Waals surface area contributed by atoms with Crippen LogP contribution in [0.3, 0.4) is 0 Å². The van der Waals surface area contributed by atoms with Crippen molar-refractivity contribution in [2.75, 3.05) is 13.2 Å². The zero-order valence-corrected chi connectivity index (χ0v) is 24.3. The third kappa shape index (κ3) is 4.84. The molecule has 220 valence electrons. The largest absolute Gasteiger partial charge is 0.509 e. The Labute approximate surface area is 241 Å². The molecule has 0 aliphatic heterocycles. The molecular weight excluding hydrogens is 524 g/mol. The van der Waals surface area contributed by atoms with E-state index in [0.717, 1.165) is 17.6 Å². The first kappa shape index (κ1) is 29.2. The first-order valence-electron chi connectivity index (χ1n) is 14.7. The number of carbonyl (C=O) groups is 4. The molecule has 0 spiro atoms. The Morgan fingerprint density at radius 2 is 1.83 bits per heavy atom. The second-order valence-electron chi connectivity index (χ2n) is 12.6. The Balaban J connectivity index is 1.44. The van der Waals surface area contributed by atoms with Crippen molar-refractivity contribution < 1.29 is 38.5 Å². The average molecular weight is 565 g/mol. The lowest BCUT2D eigenvalue weighted by Gasteiger charge is -2.61. The molecule has 8 atom stereocenters. The van der Waals surface area contributed by atoms with Crippen molar-refractivity contribution in [1.29, 1.82) is 0 Å². The number of hydrogen-bond donors (Lipinski definition) is 1. The van der Waals surface area contributed by atoms with Gasteiger partial charge in [0, 0.05) is 16.7 Å². The molecule has 4 aliphatic rings. The van der Waals surface area contributed by atoms with Crippen LogP contribution >= 0.6 is 0 Å². The first-order chi connectivity index (χ1) is 19.4. The Morgan fingerprint density at radius 1 is 1.10 bits per heavy atom. The maximum atomic E-state index is 14.0. The molecule has 3 saturated carbocycles. The molecular formula is C33H40O8. The van der Waals surface area contributed by atoms with Gasteiger partial charge in [-0.25, -0.2) is 4.79 Å². The molecule has 0 amide bonds. The van der Waals surface area contributed by atoms with Crippen LogP contribution in [0, 0.1) is 34.5 Å². The van der Waals surface area contributed by atoms with Crippen molar-refractivity contribution in [3.63, 3.8) is 0 Å². The topological polar surface area (TPSA) is 116 Å². The van der Waals surface area contributed by atoms with Gasteiger partial charge in [-0.1, -0.05) is 62.8 Å². The fourth-order valence-electron chi connectivity index (χ4n) is 8.79. The van der Waals surface area contributed by atoms with Crippen LogP contribution in [-0.2, 0) is 35.0 Å². The number of fused-ring (bicyclic) bond motifs is 5. The van der Waals surface area contributed by atoms with Gasteiger partial charge in [0.2, 0.25) is 5.78 Å². The number of benzene rings is 1. The number of ketones is 2. The van der Waals surface area contributed by atoms with Crippen LogP contribution in [0.2, 0.25) is 0 Å². The molecule has 1 aromatic rings. The number of aliphatic hydroxyl groups excluding tert-OH is 1. The zero-order chi connectivity index (χ0) is 29.6. The van der Waals surface area contributed by atoms with Gasteiger partial charge in [0.25, 0.3) is 0 Å². The van der Waals surface area contributed by atoms with Gasteiger partial charge >= 0.3 is 12.1 Å². The van der Waals surface area contributed by atoms with Gasteiger partial charge in [0.15, 0.2) is 18.0 Å². The van der Waals surface area contributed by atoms with Gasteiger partial charge < -0.3 is 19.3 Å². The highest BCUT2D eigenvalue weighted by atomic mass is 16.7. The number of allylic oxidation sites excluding steroid dienone is 4. The van der Waals surface area contributed by atoms with Gasteiger partial charge in [-0.15, -0.1) is 0 Å². The van der Waals surface area contributed by atoms with Crippen LogP contribution in [0.4, 0.5) is 4.79 Å². The maximum absolute atomic E-state index is 14.0. The summed E-state index contributed by atoms with van der Waals surface area (Å²) in [6.07, 6.45) is 5.35. The third-order valence-corrected chi connectivity index (χ3v) is 10.5. The van der Waals surface area contributed by atoms with Crippen molar-refractivity contribution >= 4 is 23.7 Å². The highest BCUT2D eigenvalue weighted by Crippen LogP contribution is 2.68. The molecule has 1 aromatic carbocycles. The molecule has 3 fully saturated rings. The number of rotatable bonds is 7. The van der Waals surface area contributed by atoms with Crippen LogP contribution in [0.5, 0.6) is 0 Å². The van der Waals surface area contributed by atoms with E-state index in [2.05, 4.69) is 13.8 Å². The van der Waals surface area contributed by atoms with Crippen molar-refractivity contribution in [1.82, 2.24) is 0 Å². The summed E-state index contributed by atoms with van der Waals surface area (Å²) in [5, 5.41) is 11.8. The molecule has 8 heteroatoms. The van der Waals surface area contributed by atoms with E-state index < -0.39 is 47.0 Å². The van der Waals surface area contributed by atoms with E-state index >= 15 is 0 Å². The fraction of sp³-hybridized carbons (Fsp3) is 0.576. The zero-order valence-electron chi connectivity index (χ0n) is 24.3. The number of hydrogen-bond acceptors (Lipinski definition) is 8. The lowest BCUT2D eigenvalue weighted by Crippen LogP contribution is -2.63. The molecule has 0 radical (unpaired) electrons. The van der Waals surface area contributed by atoms with Crippen LogP contribution in [0.25, 0.3) is 0 Å². The summed E-state index contributed by atoms with van der Waals surface area (Å²) in [4.78, 5) is 51.7. The average Bonchev–Trinajstić information content (AvgIpc) is 3.21. The molecule has 5 rings (SSSR count). The van der Waals surface area contributed by atoms with Gasteiger partial charge in [0.05, 0.1) is 19.1 Å². The number of esters is 1. The Kier molecular flexibility index (Phi) is 7.74. The number of ether oxygens (including phenoxy) is 3. The molecule has 1 N–H and O–H groups in total. The SMILES string of the molecule is CCOC(=O)O[C@]1(C(=O)COC(=O)Cc2ccccc2)CC[C@H]2[C@@H]3C[C@H](C)C4=CC(=O)C=C[C@]4(C)[C@H]3C(O)C[C@@]21C. The number of Topliss-reactive ketones (excluding diaryl/α,β-unsaturated/α-hetero) is 1. The number of carbonyl (C=O) groups excluding carboxylic acids is 4. The minimum Gasteiger partial charge on any atom is -0.457 e. The molecule has 1 unspecified atom stereocenters. The van der Waals surface area contributed by atoms with Crippen LogP contribution in [0.15, 0.2) is 54.1 Å². The summed E-state index contributed by atoms with van der Waals surface area (Å²) in [6, 6.07) is 9.11. The molecule has 0 bridgehead atoms. The van der Waals surface area contributed by atoms with E-state index in [9.17, 15) is 24.3 Å². The lowest BCUT2D eigenvalue weighted by atomic mass is 9.44. The first-order valence-corrected chi connectivity index (χ1v) is 14.7. The normalized spacial score (nSPS) is 37.2. The smallest absolute Gasteiger partial charge is 0.457 e. The van der Waals surface area contributed by atoms with E-state index in [1.165, 1.54) is 0 Å². The van der Waals surface area contributed by atoms with E-state index in [4.69, 9.17) is 14.2 Å². The van der Waals surface area contributed by atoms with E-state index in [1.807, 2.05) is 31.2 Å². The maximum Gasteiger partial charge on any atom is 0.509 e. The highest BCUT2D eigenvalue weighted by Gasteiger charge is 2.71. The van der Waals surface area contributed by atoms with Crippen LogP contribution in [0.1, 0.15) is 58.9 Å². The molecule has 0 aromatic heterocycles. The predicted molar refractivity (Wildman–Crippen MR) is 150 cm³/mol. The minimum atomic E-state index is -1.61. The Morgan fingerprint density at radius 3 is 2.54 bits per heavy atom. The van der Waals surface area contributed by atoms with Crippen molar-refractivity contribution in [2.45, 2.75) is 71.5 Å². The molecule has 8 nitrogen and oxygen atoms in total. The summed E-state index contributed by atoms with van der Waals surface area (Å²) < 4.78 is 16.5. The van der Waals surface area contributed by atoms with Gasteiger partial charge in [-0.2, -0.15) is 0 Å². The molecule has 0 saturated heterocycles. The molecule has 41 heavy (non-hydrogen) atoms. The van der Waals surface area contributed by atoms with E-state index in [-0.39, 0.29) is 55.3 Å². The predicted octanol–water partition coefficient (Wildman–Crippen LogP) is 4.78.